The molecule has 1 aromatic heterocycles. The van der Waals surface area contributed by atoms with Crippen LogP contribution in [0.5, 0.6) is 0 Å². The van der Waals surface area contributed by atoms with Gasteiger partial charge in [-0.05, 0) is 32.5 Å². The van der Waals surface area contributed by atoms with Crippen LogP contribution in [0.4, 0.5) is 5.82 Å². The van der Waals surface area contributed by atoms with E-state index in [0.717, 1.165) is 12.4 Å². The zero-order chi connectivity index (χ0) is 9.97. The van der Waals surface area contributed by atoms with Crippen molar-refractivity contribution < 1.29 is 0 Å². The van der Waals surface area contributed by atoms with Crippen molar-refractivity contribution in [2.75, 3.05) is 25.9 Å². The highest BCUT2D eigenvalue weighted by atomic mass is 15.1. The van der Waals surface area contributed by atoms with Gasteiger partial charge in [0.1, 0.15) is 11.6 Å². The first-order valence-corrected chi connectivity index (χ1v) is 5.02. The average molecular weight is 192 g/mol. The minimum Gasteiger partial charge on any atom is -0.384 e. The maximum Gasteiger partial charge on any atom is 0.135 e. The lowest BCUT2D eigenvalue weighted by Gasteiger charge is -2.28. The van der Waals surface area contributed by atoms with Gasteiger partial charge in [0, 0.05) is 18.7 Å². The van der Waals surface area contributed by atoms with Gasteiger partial charge in [-0.3, -0.25) is 0 Å². The molecule has 1 aromatic rings. The van der Waals surface area contributed by atoms with E-state index in [2.05, 4.69) is 21.9 Å². The molecule has 2 heterocycles. The molecule has 2 rings (SSSR count). The second kappa shape index (κ2) is 3.92. The summed E-state index contributed by atoms with van der Waals surface area (Å²) < 4.78 is 0. The number of nitrogens with two attached hydrogens (primary N) is 1. The predicted molar refractivity (Wildman–Crippen MR) is 55.9 cm³/mol. The van der Waals surface area contributed by atoms with Crippen molar-refractivity contribution in [3.05, 3.63) is 18.1 Å². The third-order valence-corrected chi connectivity index (χ3v) is 2.69. The van der Waals surface area contributed by atoms with Gasteiger partial charge in [0.05, 0.1) is 0 Å². The monoisotopic (exact) mass is 192 g/mol. The van der Waals surface area contributed by atoms with Gasteiger partial charge in [-0.15, -0.1) is 0 Å². The molecule has 76 valence electrons. The minimum atomic E-state index is 0.456. The Balaban J connectivity index is 2.14. The first kappa shape index (κ1) is 9.40. The molecule has 0 saturated carbocycles. The summed E-state index contributed by atoms with van der Waals surface area (Å²) in [7, 11) is 2.14. The van der Waals surface area contributed by atoms with E-state index in [1.54, 1.807) is 12.3 Å². The van der Waals surface area contributed by atoms with Crippen molar-refractivity contribution in [3.63, 3.8) is 0 Å². The SMILES string of the molecule is CN1CCCC(c2nccc(N)n2)C1. The second-order valence-electron chi connectivity index (χ2n) is 3.94. The molecule has 0 radical (unpaired) electrons. The molecule has 0 amide bonds. The molecule has 4 nitrogen and oxygen atoms in total. The molecule has 4 heteroatoms. The van der Waals surface area contributed by atoms with Crippen LogP contribution in [0.1, 0.15) is 24.6 Å². The molecule has 1 unspecified atom stereocenters. The second-order valence-corrected chi connectivity index (χ2v) is 3.94. The van der Waals surface area contributed by atoms with Gasteiger partial charge < -0.3 is 10.6 Å². The summed E-state index contributed by atoms with van der Waals surface area (Å²) in [5, 5.41) is 0. The van der Waals surface area contributed by atoms with Gasteiger partial charge in [-0.2, -0.15) is 0 Å². The van der Waals surface area contributed by atoms with Gasteiger partial charge in [0.2, 0.25) is 0 Å². The van der Waals surface area contributed by atoms with E-state index in [1.807, 2.05) is 0 Å². The van der Waals surface area contributed by atoms with Crippen molar-refractivity contribution in [2.45, 2.75) is 18.8 Å². The highest BCUT2D eigenvalue weighted by Gasteiger charge is 2.20. The van der Waals surface area contributed by atoms with E-state index < -0.39 is 0 Å². The van der Waals surface area contributed by atoms with Gasteiger partial charge in [0.25, 0.3) is 0 Å². The Morgan fingerprint density at radius 2 is 2.43 bits per heavy atom. The topological polar surface area (TPSA) is 55.0 Å². The minimum absolute atomic E-state index is 0.456. The molecule has 1 atom stereocenters. The van der Waals surface area contributed by atoms with Crippen LogP contribution in [-0.4, -0.2) is 35.0 Å². The van der Waals surface area contributed by atoms with Crippen LogP contribution in [0.3, 0.4) is 0 Å². The molecule has 1 saturated heterocycles. The largest absolute Gasteiger partial charge is 0.384 e. The van der Waals surface area contributed by atoms with Gasteiger partial charge in [-0.1, -0.05) is 0 Å². The molecule has 0 aliphatic carbocycles. The zero-order valence-electron chi connectivity index (χ0n) is 8.48. The first-order valence-electron chi connectivity index (χ1n) is 5.02. The standard InChI is InChI=1S/C10H16N4/c1-14-6-2-3-8(7-14)10-12-5-4-9(11)13-10/h4-5,8H,2-3,6-7H2,1H3,(H2,11,12,13). The van der Waals surface area contributed by atoms with Crippen LogP contribution in [0.25, 0.3) is 0 Å². The summed E-state index contributed by atoms with van der Waals surface area (Å²) in [6.45, 7) is 2.22. The summed E-state index contributed by atoms with van der Waals surface area (Å²) in [5.41, 5.74) is 5.64. The van der Waals surface area contributed by atoms with Crippen molar-refractivity contribution in [2.24, 2.45) is 0 Å². The summed E-state index contributed by atoms with van der Waals surface area (Å²) in [4.78, 5) is 10.9. The number of hydrogen-bond acceptors (Lipinski definition) is 4. The van der Waals surface area contributed by atoms with Crippen molar-refractivity contribution in [1.82, 2.24) is 14.9 Å². The van der Waals surface area contributed by atoms with Crippen LogP contribution in [0, 0.1) is 0 Å². The van der Waals surface area contributed by atoms with Crippen LogP contribution >= 0.6 is 0 Å². The summed E-state index contributed by atoms with van der Waals surface area (Å²) >= 11 is 0. The average Bonchev–Trinajstić information content (AvgIpc) is 2.18. The number of nitrogens with zero attached hydrogens (tertiary/aromatic N) is 3. The molecule has 2 N–H and O–H groups in total. The van der Waals surface area contributed by atoms with E-state index in [1.165, 1.54) is 19.4 Å². The molecule has 1 aliphatic heterocycles. The molecular weight excluding hydrogens is 176 g/mol. The quantitative estimate of drug-likeness (QED) is 0.717. The van der Waals surface area contributed by atoms with Crippen LogP contribution in [0.15, 0.2) is 12.3 Å². The molecule has 1 fully saturated rings. The van der Waals surface area contributed by atoms with Gasteiger partial charge in [0.15, 0.2) is 0 Å². The van der Waals surface area contributed by atoms with Crippen molar-refractivity contribution in [1.29, 1.82) is 0 Å². The number of rotatable bonds is 1. The summed E-state index contributed by atoms with van der Waals surface area (Å²) in [5.74, 6) is 1.93. The number of nitrogen functional groups attached to an aromatic ring is 1. The predicted octanol–water partition coefficient (Wildman–Crippen LogP) is 0.868. The highest BCUT2D eigenvalue weighted by Crippen LogP contribution is 2.23. The molecule has 0 aromatic carbocycles. The van der Waals surface area contributed by atoms with Gasteiger partial charge >= 0.3 is 0 Å². The summed E-state index contributed by atoms with van der Waals surface area (Å²) in [6, 6.07) is 1.73. The fourth-order valence-corrected chi connectivity index (χ4v) is 1.96. The third kappa shape index (κ3) is 2.01. The van der Waals surface area contributed by atoms with Crippen LogP contribution < -0.4 is 5.73 Å². The number of likely N-dealkylation sites (tertiary alicyclic amines) is 1. The maximum absolute atomic E-state index is 5.64. The lowest BCUT2D eigenvalue weighted by Crippen LogP contribution is -2.31. The molecule has 14 heavy (non-hydrogen) atoms. The summed E-state index contributed by atoms with van der Waals surface area (Å²) in [6.07, 6.45) is 4.14. The Morgan fingerprint density at radius 3 is 3.14 bits per heavy atom. The Bertz CT molecular complexity index is 313. The molecule has 0 spiro atoms. The maximum atomic E-state index is 5.64. The van der Waals surface area contributed by atoms with Crippen LogP contribution in [-0.2, 0) is 0 Å². The first-order chi connectivity index (χ1) is 6.75. The number of hydrogen-bond donors (Lipinski definition) is 1. The zero-order valence-corrected chi connectivity index (χ0v) is 8.48. The molecule has 0 bridgehead atoms. The molecular formula is C10H16N4. The lowest BCUT2D eigenvalue weighted by molar-refractivity contribution is 0.246. The third-order valence-electron chi connectivity index (χ3n) is 2.69. The highest BCUT2D eigenvalue weighted by molar-refractivity contribution is 5.26. The Kier molecular flexibility index (Phi) is 2.63. The van der Waals surface area contributed by atoms with E-state index in [4.69, 9.17) is 5.73 Å². The normalized spacial score (nSPS) is 23.6. The van der Waals surface area contributed by atoms with E-state index in [0.29, 0.717) is 11.7 Å². The fourth-order valence-electron chi connectivity index (χ4n) is 1.96. The number of piperidine rings is 1. The van der Waals surface area contributed by atoms with Gasteiger partial charge in [-0.25, -0.2) is 9.97 Å². The Hall–Kier alpha value is -1.16. The van der Waals surface area contributed by atoms with E-state index in [-0.39, 0.29) is 0 Å². The number of likely N-dealkylation sites (N-methyl/N-ethyl adjacent to an activating group) is 1. The fraction of sp³-hybridized carbons (Fsp3) is 0.600. The Morgan fingerprint density at radius 1 is 1.57 bits per heavy atom. The van der Waals surface area contributed by atoms with Crippen molar-refractivity contribution >= 4 is 5.82 Å². The lowest BCUT2D eigenvalue weighted by atomic mass is 9.98. The van der Waals surface area contributed by atoms with Crippen molar-refractivity contribution in [3.8, 4) is 0 Å². The van der Waals surface area contributed by atoms with E-state index >= 15 is 0 Å². The smallest absolute Gasteiger partial charge is 0.135 e. The number of aromatic nitrogens is 2. The Labute approximate surface area is 84.2 Å². The van der Waals surface area contributed by atoms with E-state index in [9.17, 15) is 0 Å². The molecule has 1 aliphatic rings. The van der Waals surface area contributed by atoms with Crippen LogP contribution in [0.2, 0.25) is 0 Å². The number of anilines is 1.